The Bertz CT molecular complexity index is 1410. The number of ether oxygens (including phenoxy) is 1. The molecular formula is C28H24ClN3O4S. The molecular weight excluding hydrogens is 510 g/mol. The van der Waals surface area contributed by atoms with Gasteiger partial charge in [-0.3, -0.25) is 4.79 Å². The van der Waals surface area contributed by atoms with Crippen molar-refractivity contribution in [2.45, 2.75) is 26.4 Å². The van der Waals surface area contributed by atoms with E-state index in [1.807, 2.05) is 37.3 Å². The van der Waals surface area contributed by atoms with Crippen molar-refractivity contribution in [1.82, 2.24) is 5.32 Å². The first-order valence-electron chi connectivity index (χ1n) is 11.4. The molecule has 2 aromatic carbocycles. The maximum atomic E-state index is 13.2. The third-order valence-corrected chi connectivity index (χ3v) is 7.22. The zero-order chi connectivity index (χ0) is 26.4. The number of carbonyl (C=O) groups is 2. The average molecular weight is 534 g/mol. The molecule has 188 valence electrons. The van der Waals surface area contributed by atoms with Crippen LogP contribution in [0.5, 0.6) is 0 Å². The Balaban J connectivity index is 1.54. The molecule has 7 nitrogen and oxygen atoms in total. The first kappa shape index (κ1) is 26.1. The van der Waals surface area contributed by atoms with Gasteiger partial charge < -0.3 is 19.8 Å². The number of halogens is 1. The molecule has 4 rings (SSSR count). The maximum absolute atomic E-state index is 13.2. The van der Waals surface area contributed by atoms with Crippen LogP contribution in [0.2, 0.25) is 5.02 Å². The van der Waals surface area contributed by atoms with E-state index < -0.39 is 11.9 Å². The fraction of sp³-hybridized carbons (Fsp3) is 0.179. The van der Waals surface area contributed by atoms with Gasteiger partial charge in [-0.2, -0.15) is 5.26 Å². The third kappa shape index (κ3) is 6.08. The lowest BCUT2D eigenvalue weighted by molar-refractivity contribution is -0.140. The number of hydrogen-bond donors (Lipinski definition) is 2. The maximum Gasteiger partial charge on any atom is 0.337 e. The molecule has 1 aromatic heterocycles. The number of dihydropyridines is 1. The molecule has 1 aliphatic rings. The van der Waals surface area contributed by atoms with E-state index in [-0.39, 0.29) is 29.4 Å². The van der Waals surface area contributed by atoms with Crippen LogP contribution < -0.4 is 10.6 Å². The van der Waals surface area contributed by atoms with Crippen molar-refractivity contribution in [2.24, 2.45) is 0 Å². The SMILES string of the molecule is CC1=C(C(=O)OCc2ccccc2)[C@H](c2ccco2)C(C#N)=C(SCC(=O)Nc2cccc(Cl)c2C)N1. The molecule has 0 saturated carbocycles. The van der Waals surface area contributed by atoms with Crippen molar-refractivity contribution >= 4 is 40.9 Å². The molecule has 0 saturated heterocycles. The molecule has 2 N–H and O–H groups in total. The van der Waals surface area contributed by atoms with Crippen molar-refractivity contribution < 1.29 is 18.7 Å². The Morgan fingerprint density at radius 2 is 1.92 bits per heavy atom. The van der Waals surface area contributed by atoms with Crippen molar-refractivity contribution in [3.8, 4) is 6.07 Å². The topological polar surface area (TPSA) is 104 Å². The summed E-state index contributed by atoms with van der Waals surface area (Å²) in [6, 6.07) is 20.2. The molecule has 0 aliphatic carbocycles. The number of nitriles is 1. The number of anilines is 1. The van der Waals surface area contributed by atoms with Crippen LogP contribution in [-0.4, -0.2) is 17.6 Å². The quantitative estimate of drug-likeness (QED) is 0.339. The second-order valence-corrected chi connectivity index (χ2v) is 9.67. The molecule has 0 bridgehead atoms. The number of allylic oxidation sites excluding steroid dienone is 2. The van der Waals surface area contributed by atoms with Crippen LogP contribution in [0.15, 0.2) is 93.2 Å². The fourth-order valence-corrected chi connectivity index (χ4v) is 4.97. The van der Waals surface area contributed by atoms with Gasteiger partial charge in [0, 0.05) is 16.4 Å². The Kier molecular flexibility index (Phi) is 8.39. The second-order valence-electron chi connectivity index (χ2n) is 8.28. The highest BCUT2D eigenvalue weighted by Crippen LogP contribution is 2.41. The van der Waals surface area contributed by atoms with Crippen LogP contribution in [0.3, 0.4) is 0 Å². The fourth-order valence-electron chi connectivity index (χ4n) is 3.90. The van der Waals surface area contributed by atoms with Crippen LogP contribution in [0.25, 0.3) is 0 Å². The summed E-state index contributed by atoms with van der Waals surface area (Å²) in [5.41, 5.74) is 3.31. The zero-order valence-electron chi connectivity index (χ0n) is 20.2. The Morgan fingerprint density at radius 1 is 1.14 bits per heavy atom. The number of amides is 1. The van der Waals surface area contributed by atoms with Gasteiger partial charge in [0.1, 0.15) is 12.4 Å². The molecule has 37 heavy (non-hydrogen) atoms. The molecule has 0 fully saturated rings. The van der Waals surface area contributed by atoms with Gasteiger partial charge in [0.15, 0.2) is 0 Å². The summed E-state index contributed by atoms with van der Waals surface area (Å²) in [5.74, 6) is -1.12. The number of furan rings is 1. The predicted octanol–water partition coefficient (Wildman–Crippen LogP) is 6.05. The number of hydrogen-bond acceptors (Lipinski definition) is 7. The van der Waals surface area contributed by atoms with Gasteiger partial charge >= 0.3 is 5.97 Å². The van der Waals surface area contributed by atoms with Crippen molar-refractivity contribution in [3.63, 3.8) is 0 Å². The number of esters is 1. The molecule has 0 spiro atoms. The lowest BCUT2D eigenvalue weighted by atomic mass is 9.86. The minimum Gasteiger partial charge on any atom is -0.468 e. The van der Waals surface area contributed by atoms with Gasteiger partial charge in [0.2, 0.25) is 5.91 Å². The van der Waals surface area contributed by atoms with Crippen LogP contribution in [0.1, 0.15) is 29.7 Å². The lowest BCUT2D eigenvalue weighted by Crippen LogP contribution is -2.29. The monoisotopic (exact) mass is 533 g/mol. The summed E-state index contributed by atoms with van der Waals surface area (Å²) in [4.78, 5) is 25.9. The van der Waals surface area contributed by atoms with E-state index in [1.165, 1.54) is 18.0 Å². The van der Waals surface area contributed by atoms with Gasteiger partial charge in [-0.25, -0.2) is 4.79 Å². The van der Waals surface area contributed by atoms with E-state index in [2.05, 4.69) is 16.7 Å². The Hall–Kier alpha value is -3.93. The summed E-state index contributed by atoms with van der Waals surface area (Å²) in [6.45, 7) is 3.65. The Labute approximate surface area is 224 Å². The second kappa shape index (κ2) is 11.9. The smallest absolute Gasteiger partial charge is 0.337 e. The summed E-state index contributed by atoms with van der Waals surface area (Å²) in [7, 11) is 0. The van der Waals surface area contributed by atoms with Crippen molar-refractivity contribution in [3.05, 3.63) is 111 Å². The van der Waals surface area contributed by atoms with Gasteiger partial charge in [0.25, 0.3) is 0 Å². The van der Waals surface area contributed by atoms with E-state index in [1.54, 1.807) is 37.3 Å². The first-order chi connectivity index (χ1) is 17.9. The lowest BCUT2D eigenvalue weighted by Gasteiger charge is -2.28. The first-order valence-corrected chi connectivity index (χ1v) is 12.8. The van der Waals surface area contributed by atoms with Crippen LogP contribution in [0.4, 0.5) is 5.69 Å². The summed E-state index contributed by atoms with van der Waals surface area (Å²) in [5, 5.41) is 17.1. The van der Waals surface area contributed by atoms with E-state index in [4.69, 9.17) is 20.8 Å². The number of nitrogens with zero attached hydrogens (tertiary/aromatic N) is 1. The Morgan fingerprint density at radius 3 is 2.62 bits per heavy atom. The van der Waals surface area contributed by atoms with E-state index in [0.717, 1.165) is 11.1 Å². The third-order valence-electron chi connectivity index (χ3n) is 5.80. The van der Waals surface area contributed by atoms with Crippen LogP contribution in [-0.2, 0) is 20.9 Å². The van der Waals surface area contributed by atoms with Crippen molar-refractivity contribution in [2.75, 3.05) is 11.1 Å². The number of benzene rings is 2. The standard InChI is InChI=1S/C28H24ClN3O4S/c1-17-21(29)10-6-11-22(17)32-24(33)16-37-27-20(14-30)26(23-12-7-13-35-23)25(18(2)31-27)28(34)36-15-19-8-4-3-5-9-19/h3-13,26,31H,15-16H2,1-2H3,(H,32,33)/t26-/m0/s1. The largest absolute Gasteiger partial charge is 0.468 e. The van der Waals surface area contributed by atoms with Crippen LogP contribution in [0, 0.1) is 18.3 Å². The summed E-state index contributed by atoms with van der Waals surface area (Å²) < 4.78 is 11.2. The molecule has 1 atom stereocenters. The number of nitrogens with one attached hydrogen (secondary N) is 2. The molecule has 0 radical (unpaired) electrons. The zero-order valence-corrected chi connectivity index (χ0v) is 21.8. The highest BCUT2D eigenvalue weighted by atomic mass is 35.5. The summed E-state index contributed by atoms with van der Waals surface area (Å²) in [6.07, 6.45) is 1.49. The molecule has 1 aliphatic heterocycles. The van der Waals surface area contributed by atoms with E-state index in [0.29, 0.717) is 27.2 Å². The molecule has 2 heterocycles. The molecule has 1 amide bonds. The minimum absolute atomic E-state index is 0.0331. The highest BCUT2D eigenvalue weighted by Gasteiger charge is 2.37. The summed E-state index contributed by atoms with van der Waals surface area (Å²) >= 11 is 7.32. The normalized spacial score (nSPS) is 15.1. The van der Waals surface area contributed by atoms with Crippen LogP contribution >= 0.6 is 23.4 Å². The molecule has 9 heteroatoms. The number of rotatable bonds is 8. The molecule has 0 unspecified atom stereocenters. The average Bonchev–Trinajstić information content (AvgIpc) is 3.43. The van der Waals surface area contributed by atoms with E-state index >= 15 is 0 Å². The number of thioether (sulfide) groups is 1. The van der Waals surface area contributed by atoms with Gasteiger partial charge in [-0.15, -0.1) is 0 Å². The predicted molar refractivity (Wildman–Crippen MR) is 143 cm³/mol. The highest BCUT2D eigenvalue weighted by molar-refractivity contribution is 8.03. The number of carbonyl (C=O) groups excluding carboxylic acids is 2. The van der Waals surface area contributed by atoms with Crippen molar-refractivity contribution in [1.29, 1.82) is 5.26 Å². The minimum atomic E-state index is -0.773. The van der Waals surface area contributed by atoms with E-state index in [9.17, 15) is 14.9 Å². The van der Waals surface area contributed by atoms with Gasteiger partial charge in [-0.1, -0.05) is 59.8 Å². The van der Waals surface area contributed by atoms with Gasteiger partial charge in [-0.05, 0) is 49.2 Å². The van der Waals surface area contributed by atoms with Gasteiger partial charge in [0.05, 0.1) is 40.2 Å². The molecule has 3 aromatic rings.